The highest BCUT2D eigenvalue weighted by Crippen LogP contribution is 2.77. The first-order chi connectivity index (χ1) is 21.7. The van der Waals surface area contributed by atoms with Crippen molar-refractivity contribution in [2.45, 2.75) is 125 Å². The molecule has 0 spiro atoms. The van der Waals surface area contributed by atoms with Gasteiger partial charge in [-0.3, -0.25) is 9.59 Å². The molecule has 5 aliphatic carbocycles. The smallest absolute Gasteiger partial charge is 0.302 e. The van der Waals surface area contributed by atoms with Crippen LogP contribution in [0.1, 0.15) is 118 Å². The van der Waals surface area contributed by atoms with Crippen molar-refractivity contribution in [3.05, 3.63) is 48.0 Å². The van der Waals surface area contributed by atoms with Gasteiger partial charge < -0.3 is 14.8 Å². The average molecular weight is 632 g/mol. The second-order valence-corrected chi connectivity index (χ2v) is 17.6. The predicted octanol–water partition coefficient (Wildman–Crippen LogP) is 8.91. The van der Waals surface area contributed by atoms with Crippen LogP contribution in [0.15, 0.2) is 42.5 Å². The first kappa shape index (κ1) is 33.7. The summed E-state index contributed by atoms with van der Waals surface area (Å²) < 4.78 is 11.8. The van der Waals surface area contributed by atoms with Gasteiger partial charge in [-0.25, -0.2) is 0 Å². The number of benzene rings is 1. The van der Waals surface area contributed by atoms with Crippen LogP contribution < -0.4 is 5.32 Å². The standard InChI is InChI=1S/C41H61NO4/c1-27(2)31-16-21-41(25-42-24-30-12-10-9-11-13-30)23-22-39(7)32(36(31)41)14-15-34-37(5)19-18-35(46-29(4)44)38(6,26-45-28(3)43)33(37)17-20-40(34,39)8/h9-13,31-36,42H,1,14-26H2,2-8H3/t31-,32?,33+,34+,35?,36+,37-,38-,39+,40+,41+/m0/s1. The number of esters is 2. The molecule has 0 heterocycles. The number of ether oxygens (including phenoxy) is 2. The summed E-state index contributed by atoms with van der Waals surface area (Å²) in [5, 5.41) is 3.96. The van der Waals surface area contributed by atoms with Crippen LogP contribution in [0.5, 0.6) is 0 Å². The molecule has 1 aromatic rings. The summed E-state index contributed by atoms with van der Waals surface area (Å²) in [5.41, 5.74) is 3.35. The Bertz CT molecular complexity index is 1330. The quantitative estimate of drug-likeness (QED) is 0.229. The normalized spacial score (nSPS) is 44.6. The third-order valence-corrected chi connectivity index (χ3v) is 15.5. The summed E-state index contributed by atoms with van der Waals surface area (Å²) in [5.74, 6) is 2.46. The maximum Gasteiger partial charge on any atom is 0.302 e. The Morgan fingerprint density at radius 2 is 1.57 bits per heavy atom. The van der Waals surface area contributed by atoms with E-state index < -0.39 is 0 Å². The molecular formula is C41H61NO4. The number of allylic oxidation sites excluding steroid dienone is 1. The van der Waals surface area contributed by atoms with Crippen LogP contribution in [0.2, 0.25) is 0 Å². The van der Waals surface area contributed by atoms with Crippen molar-refractivity contribution in [3.63, 3.8) is 0 Å². The number of carbonyl (C=O) groups excluding carboxylic acids is 2. The lowest BCUT2D eigenvalue weighted by Crippen LogP contribution is -2.68. The second-order valence-electron chi connectivity index (χ2n) is 17.6. The molecule has 254 valence electrons. The number of fused-ring (bicyclic) bond motifs is 7. The van der Waals surface area contributed by atoms with Gasteiger partial charge in [0.2, 0.25) is 0 Å². The van der Waals surface area contributed by atoms with Gasteiger partial charge in [0.05, 0.1) is 0 Å². The molecule has 5 fully saturated rings. The molecule has 2 unspecified atom stereocenters. The van der Waals surface area contributed by atoms with Gasteiger partial charge in [-0.2, -0.15) is 0 Å². The molecule has 0 amide bonds. The summed E-state index contributed by atoms with van der Waals surface area (Å²) in [7, 11) is 0. The van der Waals surface area contributed by atoms with Gasteiger partial charge in [0.1, 0.15) is 12.7 Å². The summed E-state index contributed by atoms with van der Waals surface area (Å²) in [6.45, 7) is 22.5. The Kier molecular flexibility index (Phi) is 8.86. The lowest BCUT2D eigenvalue weighted by molar-refractivity contribution is -0.257. The number of hydrogen-bond acceptors (Lipinski definition) is 5. The third-order valence-electron chi connectivity index (χ3n) is 15.5. The lowest BCUT2D eigenvalue weighted by Gasteiger charge is -2.73. The molecule has 1 N–H and O–H groups in total. The average Bonchev–Trinajstić information content (AvgIpc) is 3.39. The fourth-order valence-electron chi connectivity index (χ4n) is 13.3. The van der Waals surface area contributed by atoms with Crippen LogP contribution in [-0.2, 0) is 25.6 Å². The van der Waals surface area contributed by atoms with E-state index in [4.69, 9.17) is 9.47 Å². The highest BCUT2D eigenvalue weighted by Gasteiger charge is 2.71. The van der Waals surface area contributed by atoms with Gasteiger partial charge in [0.25, 0.3) is 0 Å². The van der Waals surface area contributed by atoms with Crippen molar-refractivity contribution in [2.24, 2.45) is 56.7 Å². The summed E-state index contributed by atoms with van der Waals surface area (Å²) in [4.78, 5) is 24.3. The fourth-order valence-corrected chi connectivity index (χ4v) is 13.3. The zero-order valence-electron chi connectivity index (χ0n) is 29.9. The molecule has 1 aromatic carbocycles. The van der Waals surface area contributed by atoms with Crippen LogP contribution in [0.25, 0.3) is 0 Å². The summed E-state index contributed by atoms with van der Waals surface area (Å²) in [6, 6.07) is 10.9. The van der Waals surface area contributed by atoms with Crippen molar-refractivity contribution in [1.82, 2.24) is 5.32 Å². The molecule has 6 rings (SSSR count). The fraction of sp³-hybridized carbons (Fsp3) is 0.756. The highest BCUT2D eigenvalue weighted by atomic mass is 16.6. The van der Waals surface area contributed by atoms with E-state index in [2.05, 4.69) is 76.8 Å². The SMILES string of the molecule is C=C(C)[C@@H]1CC[C@]2(CNCc3ccccc3)CC[C@]3(C)C(CC[C@@H]4[C@@]5(C)CCC(OC(C)=O)[C@@](C)(COC(C)=O)[C@@H]5CC[C@]43C)[C@@H]12. The van der Waals surface area contributed by atoms with E-state index in [9.17, 15) is 9.59 Å². The van der Waals surface area contributed by atoms with E-state index in [-0.39, 0.29) is 39.7 Å². The molecule has 0 aliphatic heterocycles. The molecule has 0 saturated heterocycles. The number of carbonyl (C=O) groups is 2. The monoisotopic (exact) mass is 631 g/mol. The lowest BCUT2D eigenvalue weighted by atomic mass is 9.32. The molecule has 5 nitrogen and oxygen atoms in total. The maximum absolute atomic E-state index is 12.2. The second kappa shape index (κ2) is 12.1. The van der Waals surface area contributed by atoms with E-state index in [0.717, 1.165) is 32.4 Å². The molecule has 5 saturated carbocycles. The number of hydrogen-bond donors (Lipinski definition) is 1. The van der Waals surface area contributed by atoms with Crippen LogP contribution in [0.4, 0.5) is 0 Å². The van der Waals surface area contributed by atoms with E-state index in [1.165, 1.54) is 69.9 Å². The number of rotatable bonds is 8. The van der Waals surface area contributed by atoms with Crippen LogP contribution in [0, 0.1) is 56.7 Å². The third kappa shape index (κ3) is 5.21. The summed E-state index contributed by atoms with van der Waals surface area (Å²) >= 11 is 0. The molecule has 0 bridgehead atoms. The Labute approximate surface area is 279 Å². The maximum atomic E-state index is 12.2. The zero-order chi connectivity index (χ0) is 33.1. The van der Waals surface area contributed by atoms with Crippen molar-refractivity contribution in [1.29, 1.82) is 0 Å². The molecule has 0 aromatic heterocycles. The van der Waals surface area contributed by atoms with Gasteiger partial charge in [0, 0.05) is 32.4 Å². The highest BCUT2D eigenvalue weighted by molar-refractivity contribution is 5.66. The van der Waals surface area contributed by atoms with Crippen LogP contribution >= 0.6 is 0 Å². The molecular weight excluding hydrogens is 570 g/mol. The minimum Gasteiger partial charge on any atom is -0.465 e. The van der Waals surface area contributed by atoms with Crippen molar-refractivity contribution >= 4 is 11.9 Å². The molecule has 0 radical (unpaired) electrons. The van der Waals surface area contributed by atoms with Gasteiger partial charge in [0.15, 0.2) is 0 Å². The summed E-state index contributed by atoms with van der Waals surface area (Å²) in [6.07, 6.45) is 11.7. The molecule has 46 heavy (non-hydrogen) atoms. The van der Waals surface area contributed by atoms with Gasteiger partial charge in [-0.15, -0.1) is 0 Å². The van der Waals surface area contributed by atoms with E-state index in [1.54, 1.807) is 0 Å². The predicted molar refractivity (Wildman–Crippen MR) is 184 cm³/mol. The van der Waals surface area contributed by atoms with Gasteiger partial charge in [-0.1, -0.05) is 70.2 Å². The Balaban J connectivity index is 1.30. The van der Waals surface area contributed by atoms with E-state index >= 15 is 0 Å². The van der Waals surface area contributed by atoms with Crippen molar-refractivity contribution < 1.29 is 19.1 Å². The first-order valence-corrected chi connectivity index (χ1v) is 18.4. The van der Waals surface area contributed by atoms with Gasteiger partial charge in [-0.05, 0) is 128 Å². The van der Waals surface area contributed by atoms with E-state index in [0.29, 0.717) is 41.6 Å². The molecule has 5 heteroatoms. The molecule has 11 atom stereocenters. The molecule has 5 aliphatic rings. The largest absolute Gasteiger partial charge is 0.465 e. The van der Waals surface area contributed by atoms with Gasteiger partial charge >= 0.3 is 11.9 Å². The first-order valence-electron chi connectivity index (χ1n) is 18.4. The van der Waals surface area contributed by atoms with Crippen molar-refractivity contribution in [3.8, 4) is 0 Å². The Morgan fingerprint density at radius 3 is 2.24 bits per heavy atom. The minimum absolute atomic E-state index is 0.113. The zero-order valence-corrected chi connectivity index (χ0v) is 29.9. The van der Waals surface area contributed by atoms with Crippen LogP contribution in [0.3, 0.4) is 0 Å². The van der Waals surface area contributed by atoms with Crippen molar-refractivity contribution in [2.75, 3.05) is 13.2 Å². The number of nitrogens with one attached hydrogen (secondary N) is 1. The van der Waals surface area contributed by atoms with E-state index in [1.807, 2.05) is 0 Å². The Morgan fingerprint density at radius 1 is 0.826 bits per heavy atom. The topological polar surface area (TPSA) is 64.6 Å². The Hall–Kier alpha value is -2.14. The van der Waals surface area contributed by atoms with Crippen LogP contribution in [-0.4, -0.2) is 31.2 Å². The minimum atomic E-state index is -0.383.